The molecule has 0 saturated heterocycles. The minimum atomic E-state index is -0.183. The summed E-state index contributed by atoms with van der Waals surface area (Å²) in [7, 11) is 0. The molecule has 0 bridgehead atoms. The van der Waals surface area contributed by atoms with E-state index in [1.54, 1.807) is 17.0 Å². The lowest BCUT2D eigenvalue weighted by Gasteiger charge is -2.24. The second-order valence-corrected chi connectivity index (χ2v) is 5.84. The Morgan fingerprint density at radius 3 is 2.68 bits per heavy atom. The van der Waals surface area contributed by atoms with E-state index >= 15 is 0 Å². The molecular weight excluding hydrogens is 318 g/mol. The summed E-state index contributed by atoms with van der Waals surface area (Å²) in [5.74, 6) is 1.55. The van der Waals surface area contributed by atoms with Crippen LogP contribution < -0.4 is 14.4 Å². The lowest BCUT2D eigenvalue weighted by molar-refractivity contribution is 0.0958. The number of rotatable bonds is 4. The van der Waals surface area contributed by atoms with Crippen LogP contribution in [0.25, 0.3) is 0 Å². The van der Waals surface area contributed by atoms with Crippen LogP contribution in [0.1, 0.15) is 21.7 Å². The molecule has 0 unspecified atom stereocenters. The van der Waals surface area contributed by atoms with E-state index < -0.39 is 0 Å². The van der Waals surface area contributed by atoms with Crippen LogP contribution in [0, 0.1) is 6.92 Å². The lowest BCUT2D eigenvalue weighted by atomic mass is 10.1. The second kappa shape index (κ2) is 6.36. The van der Waals surface area contributed by atoms with Gasteiger partial charge in [-0.15, -0.1) is 0 Å². The van der Waals surface area contributed by atoms with Crippen LogP contribution in [0.3, 0.4) is 0 Å². The van der Waals surface area contributed by atoms with Gasteiger partial charge in [-0.1, -0.05) is 24.3 Å². The van der Waals surface area contributed by atoms with Gasteiger partial charge in [-0.25, -0.2) is 0 Å². The summed E-state index contributed by atoms with van der Waals surface area (Å²) in [5, 5.41) is 0. The fourth-order valence-corrected chi connectivity index (χ4v) is 2.89. The first kappa shape index (κ1) is 15.3. The van der Waals surface area contributed by atoms with Crippen LogP contribution in [-0.4, -0.2) is 12.7 Å². The molecule has 1 aliphatic rings. The van der Waals surface area contributed by atoms with Crippen LogP contribution in [0.2, 0.25) is 0 Å². The number of amides is 1. The maximum Gasteiger partial charge on any atom is 0.294 e. The van der Waals surface area contributed by atoms with Gasteiger partial charge in [0.2, 0.25) is 6.79 Å². The van der Waals surface area contributed by atoms with E-state index in [2.05, 4.69) is 0 Å². The van der Waals surface area contributed by atoms with E-state index in [0.29, 0.717) is 18.1 Å². The summed E-state index contributed by atoms with van der Waals surface area (Å²) >= 11 is 0. The number of carbonyl (C=O) groups excluding carboxylic acids is 1. The van der Waals surface area contributed by atoms with Gasteiger partial charge in [-0.05, 0) is 48.4 Å². The number of nitrogens with zero attached hydrogens (tertiary/aromatic N) is 1. The highest BCUT2D eigenvalue weighted by Gasteiger charge is 2.23. The average Bonchev–Trinajstić information content (AvgIpc) is 3.31. The second-order valence-electron chi connectivity index (χ2n) is 5.84. The van der Waals surface area contributed by atoms with Crippen molar-refractivity contribution in [2.24, 2.45) is 0 Å². The highest BCUT2D eigenvalue weighted by atomic mass is 16.7. The lowest BCUT2D eigenvalue weighted by Crippen LogP contribution is -2.30. The molecule has 0 spiro atoms. The van der Waals surface area contributed by atoms with Crippen LogP contribution in [0.4, 0.5) is 5.69 Å². The Morgan fingerprint density at radius 1 is 1.04 bits per heavy atom. The highest BCUT2D eigenvalue weighted by molar-refractivity contribution is 6.04. The Balaban J connectivity index is 1.70. The summed E-state index contributed by atoms with van der Waals surface area (Å²) in [6, 6.07) is 16.9. The van der Waals surface area contributed by atoms with Crippen LogP contribution >= 0.6 is 0 Å². The molecule has 1 aliphatic heterocycles. The zero-order valence-corrected chi connectivity index (χ0v) is 13.8. The fourth-order valence-electron chi connectivity index (χ4n) is 2.89. The van der Waals surface area contributed by atoms with Gasteiger partial charge in [-0.2, -0.15) is 0 Å². The van der Waals surface area contributed by atoms with Gasteiger partial charge in [0.25, 0.3) is 5.91 Å². The molecule has 0 fully saturated rings. The summed E-state index contributed by atoms with van der Waals surface area (Å²) in [4.78, 5) is 14.7. The normalized spacial score (nSPS) is 12.2. The topological polar surface area (TPSA) is 51.9 Å². The van der Waals surface area contributed by atoms with Crippen molar-refractivity contribution in [2.75, 3.05) is 11.7 Å². The first-order valence-electron chi connectivity index (χ1n) is 8.02. The van der Waals surface area contributed by atoms with Crippen molar-refractivity contribution >= 4 is 11.6 Å². The molecule has 0 aliphatic carbocycles. The Kier molecular flexibility index (Phi) is 3.90. The zero-order valence-electron chi connectivity index (χ0n) is 13.8. The maximum absolute atomic E-state index is 13.0. The van der Waals surface area contributed by atoms with Gasteiger partial charge in [0.1, 0.15) is 0 Å². The summed E-state index contributed by atoms with van der Waals surface area (Å²) in [5.41, 5.74) is 2.82. The van der Waals surface area contributed by atoms with Crippen molar-refractivity contribution in [3.05, 3.63) is 77.7 Å². The van der Waals surface area contributed by atoms with Crippen LogP contribution in [0.15, 0.2) is 65.3 Å². The number of anilines is 1. The smallest absolute Gasteiger partial charge is 0.294 e. The molecule has 1 aromatic heterocycles. The van der Waals surface area contributed by atoms with Crippen LogP contribution in [0.5, 0.6) is 11.5 Å². The molecule has 5 heteroatoms. The molecule has 5 nitrogen and oxygen atoms in total. The zero-order chi connectivity index (χ0) is 17.2. The number of furan rings is 1. The average molecular weight is 335 g/mol. The highest BCUT2D eigenvalue weighted by Crippen LogP contribution is 2.33. The summed E-state index contributed by atoms with van der Waals surface area (Å²) in [6.45, 7) is 2.62. The number of aryl methyl sites for hydroxylation is 1. The van der Waals surface area contributed by atoms with E-state index in [9.17, 15) is 4.79 Å². The van der Waals surface area contributed by atoms with Crippen LogP contribution in [-0.2, 0) is 6.54 Å². The first-order chi connectivity index (χ1) is 12.2. The molecule has 0 saturated carbocycles. The monoisotopic (exact) mass is 335 g/mol. The summed E-state index contributed by atoms with van der Waals surface area (Å²) < 4.78 is 16.1. The van der Waals surface area contributed by atoms with E-state index in [4.69, 9.17) is 13.9 Å². The Bertz CT molecular complexity index is 902. The third-order valence-corrected chi connectivity index (χ3v) is 4.16. The molecule has 0 N–H and O–H groups in total. The van der Waals surface area contributed by atoms with E-state index in [-0.39, 0.29) is 12.7 Å². The van der Waals surface area contributed by atoms with Crippen molar-refractivity contribution in [2.45, 2.75) is 13.5 Å². The third-order valence-electron chi connectivity index (χ3n) is 4.16. The van der Waals surface area contributed by atoms with Gasteiger partial charge in [0.05, 0.1) is 12.8 Å². The number of ether oxygens (including phenoxy) is 2. The summed E-state index contributed by atoms with van der Waals surface area (Å²) in [6.07, 6.45) is 1.50. The molecule has 1 amide bonds. The number of hydrogen-bond donors (Lipinski definition) is 0. The molecule has 0 radical (unpaired) electrons. The van der Waals surface area contributed by atoms with Crippen molar-refractivity contribution in [3.63, 3.8) is 0 Å². The van der Waals surface area contributed by atoms with Crippen molar-refractivity contribution in [1.82, 2.24) is 0 Å². The minimum absolute atomic E-state index is 0.183. The first-order valence-corrected chi connectivity index (χ1v) is 8.02. The van der Waals surface area contributed by atoms with Crippen molar-refractivity contribution in [3.8, 4) is 11.5 Å². The number of para-hydroxylation sites is 1. The van der Waals surface area contributed by atoms with Gasteiger partial charge >= 0.3 is 0 Å². The number of hydrogen-bond acceptors (Lipinski definition) is 4. The molecule has 3 aromatic rings. The van der Waals surface area contributed by atoms with Crippen molar-refractivity contribution in [1.29, 1.82) is 0 Å². The molecule has 2 heterocycles. The SMILES string of the molecule is Cc1ccccc1N(Cc1ccc2c(c1)OCO2)C(=O)c1ccco1. The Hall–Kier alpha value is -3.21. The van der Waals surface area contributed by atoms with Gasteiger partial charge in [-0.3, -0.25) is 4.79 Å². The molecule has 25 heavy (non-hydrogen) atoms. The van der Waals surface area contributed by atoms with Gasteiger partial charge < -0.3 is 18.8 Å². The predicted molar refractivity (Wildman–Crippen MR) is 93.0 cm³/mol. The predicted octanol–water partition coefficient (Wildman–Crippen LogP) is 4.16. The maximum atomic E-state index is 13.0. The van der Waals surface area contributed by atoms with E-state index in [1.807, 2.05) is 49.4 Å². The van der Waals surface area contributed by atoms with E-state index in [1.165, 1.54) is 6.26 Å². The molecule has 0 atom stereocenters. The molecular formula is C20H17NO4. The molecule has 2 aromatic carbocycles. The Labute approximate surface area is 145 Å². The van der Waals surface area contributed by atoms with E-state index in [0.717, 1.165) is 22.6 Å². The number of fused-ring (bicyclic) bond motifs is 1. The number of carbonyl (C=O) groups is 1. The molecule has 126 valence electrons. The van der Waals surface area contributed by atoms with Crippen molar-refractivity contribution < 1.29 is 18.7 Å². The minimum Gasteiger partial charge on any atom is -0.459 e. The van der Waals surface area contributed by atoms with Gasteiger partial charge in [0, 0.05) is 5.69 Å². The number of benzene rings is 2. The standard InChI is InChI=1S/C20H17NO4/c1-14-5-2-3-6-16(14)21(20(22)18-7-4-10-23-18)12-15-8-9-17-19(11-15)25-13-24-17/h2-11H,12-13H2,1H3. The fraction of sp³-hybridized carbons (Fsp3) is 0.150. The van der Waals surface area contributed by atoms with Gasteiger partial charge in [0.15, 0.2) is 17.3 Å². The quantitative estimate of drug-likeness (QED) is 0.718. The molecule has 4 rings (SSSR count). The largest absolute Gasteiger partial charge is 0.459 e. The third kappa shape index (κ3) is 2.96. The Morgan fingerprint density at radius 2 is 1.88 bits per heavy atom.